The number of nitrogens with two attached hydrogens (primary N) is 1. The van der Waals surface area contributed by atoms with E-state index in [1.807, 2.05) is 12.1 Å². The Labute approximate surface area is 99.9 Å². The van der Waals surface area contributed by atoms with Gasteiger partial charge in [-0.05, 0) is 11.6 Å². The molecule has 17 heavy (non-hydrogen) atoms. The minimum atomic E-state index is -0.347. The van der Waals surface area contributed by atoms with Crippen LogP contribution in [-0.4, -0.2) is 26.2 Å². The highest BCUT2D eigenvalue weighted by Crippen LogP contribution is 2.35. The second kappa shape index (κ2) is 4.63. The monoisotopic (exact) mass is 236 g/mol. The van der Waals surface area contributed by atoms with Crippen molar-refractivity contribution in [1.29, 1.82) is 0 Å². The maximum atomic E-state index is 11.2. The number of rotatable bonds is 3. The number of fused-ring (bicyclic) bond motifs is 1. The van der Waals surface area contributed by atoms with Crippen molar-refractivity contribution in [2.24, 2.45) is 5.73 Å². The lowest BCUT2D eigenvalue weighted by atomic mass is 9.94. The van der Waals surface area contributed by atoms with Crippen LogP contribution >= 0.6 is 0 Å². The Bertz CT molecular complexity index is 446. The molecule has 1 amide bonds. The summed E-state index contributed by atoms with van der Waals surface area (Å²) < 4.78 is 10.6. The number of hydrogen-bond acceptors (Lipinski definition) is 4. The zero-order chi connectivity index (χ0) is 12.4. The van der Waals surface area contributed by atoms with Crippen LogP contribution in [-0.2, 0) is 17.8 Å². The fourth-order valence-corrected chi connectivity index (χ4v) is 2.13. The lowest BCUT2D eigenvalue weighted by Gasteiger charge is -2.26. The number of nitrogens with one attached hydrogen (secondary N) is 1. The van der Waals surface area contributed by atoms with Crippen LogP contribution in [0.1, 0.15) is 11.1 Å². The molecule has 1 atom stereocenters. The van der Waals surface area contributed by atoms with Crippen molar-refractivity contribution < 1.29 is 14.3 Å². The van der Waals surface area contributed by atoms with Crippen LogP contribution in [0.2, 0.25) is 0 Å². The molecule has 2 rings (SSSR count). The molecule has 0 spiro atoms. The topological polar surface area (TPSA) is 73.6 Å². The number of carbonyl (C=O) groups excluding carboxylic acids is 1. The van der Waals surface area contributed by atoms with E-state index in [2.05, 4.69) is 5.32 Å². The standard InChI is InChI=1S/C12H16N2O3/c1-16-10-4-3-7-6-14-9(12(13)15)5-8(7)11(10)17-2/h3-4,9,14H,5-6H2,1-2H3,(H2,13,15). The Hall–Kier alpha value is -1.75. The number of benzene rings is 1. The molecule has 1 aliphatic rings. The molecule has 0 fully saturated rings. The predicted octanol–water partition coefficient (Wildman–Crippen LogP) is 0.203. The summed E-state index contributed by atoms with van der Waals surface area (Å²) in [5.74, 6) is 1.02. The van der Waals surface area contributed by atoms with E-state index in [9.17, 15) is 4.79 Å². The summed E-state index contributed by atoms with van der Waals surface area (Å²) in [7, 11) is 3.19. The molecule has 0 bridgehead atoms. The molecule has 0 aliphatic carbocycles. The van der Waals surface area contributed by atoms with Crippen molar-refractivity contribution in [3.05, 3.63) is 23.3 Å². The summed E-state index contributed by atoms with van der Waals surface area (Å²) >= 11 is 0. The van der Waals surface area contributed by atoms with Crippen LogP contribution in [0.3, 0.4) is 0 Å². The molecule has 1 unspecified atom stereocenters. The highest BCUT2D eigenvalue weighted by molar-refractivity contribution is 5.81. The molecule has 1 heterocycles. The Morgan fingerprint density at radius 1 is 1.41 bits per heavy atom. The molecule has 1 aliphatic heterocycles. The summed E-state index contributed by atoms with van der Waals surface area (Å²) in [5, 5.41) is 3.09. The largest absolute Gasteiger partial charge is 0.493 e. The summed E-state index contributed by atoms with van der Waals surface area (Å²) in [6.45, 7) is 0.614. The van der Waals surface area contributed by atoms with E-state index in [4.69, 9.17) is 15.2 Å². The Morgan fingerprint density at radius 2 is 2.18 bits per heavy atom. The zero-order valence-corrected chi connectivity index (χ0v) is 9.95. The van der Waals surface area contributed by atoms with E-state index in [0.29, 0.717) is 24.5 Å². The average Bonchev–Trinajstić information content (AvgIpc) is 2.36. The highest BCUT2D eigenvalue weighted by Gasteiger charge is 2.26. The van der Waals surface area contributed by atoms with Crippen molar-refractivity contribution in [3.8, 4) is 11.5 Å². The predicted molar refractivity (Wildman–Crippen MR) is 63.1 cm³/mol. The van der Waals surface area contributed by atoms with E-state index in [1.54, 1.807) is 14.2 Å². The summed E-state index contributed by atoms with van der Waals surface area (Å²) in [4.78, 5) is 11.2. The smallest absolute Gasteiger partial charge is 0.234 e. The van der Waals surface area contributed by atoms with Gasteiger partial charge in [0.1, 0.15) is 0 Å². The van der Waals surface area contributed by atoms with Crippen molar-refractivity contribution in [3.63, 3.8) is 0 Å². The number of ether oxygens (including phenoxy) is 2. The molecule has 5 nitrogen and oxygen atoms in total. The molecule has 0 aromatic heterocycles. The van der Waals surface area contributed by atoms with Gasteiger partial charge in [-0.3, -0.25) is 4.79 Å². The Kier molecular flexibility index (Phi) is 3.19. The van der Waals surface area contributed by atoms with Gasteiger partial charge in [0, 0.05) is 18.5 Å². The average molecular weight is 236 g/mol. The summed E-state index contributed by atoms with van der Waals surface area (Å²) in [5.41, 5.74) is 7.42. The van der Waals surface area contributed by atoms with Crippen LogP contribution in [0.4, 0.5) is 0 Å². The first kappa shape index (κ1) is 11.7. The van der Waals surface area contributed by atoms with Gasteiger partial charge in [0.2, 0.25) is 5.91 Å². The van der Waals surface area contributed by atoms with Gasteiger partial charge in [0.15, 0.2) is 11.5 Å². The zero-order valence-electron chi connectivity index (χ0n) is 9.95. The normalized spacial score (nSPS) is 18.4. The van der Waals surface area contributed by atoms with Crippen LogP contribution in [0.15, 0.2) is 12.1 Å². The number of amides is 1. The third-order valence-corrected chi connectivity index (χ3v) is 3.04. The van der Waals surface area contributed by atoms with Crippen LogP contribution in [0.25, 0.3) is 0 Å². The maximum absolute atomic E-state index is 11.2. The SMILES string of the molecule is COc1ccc2c(c1OC)CC(C(N)=O)NC2. The summed E-state index contributed by atoms with van der Waals surface area (Å²) in [6.07, 6.45) is 0.533. The number of hydrogen-bond donors (Lipinski definition) is 2. The van der Waals surface area contributed by atoms with E-state index in [0.717, 1.165) is 11.1 Å². The Balaban J connectivity index is 2.42. The van der Waals surface area contributed by atoms with E-state index in [-0.39, 0.29) is 11.9 Å². The first-order valence-electron chi connectivity index (χ1n) is 5.42. The minimum absolute atomic E-state index is 0.344. The van der Waals surface area contributed by atoms with E-state index >= 15 is 0 Å². The fourth-order valence-electron chi connectivity index (χ4n) is 2.13. The molecule has 0 radical (unpaired) electrons. The van der Waals surface area contributed by atoms with Crippen LogP contribution in [0, 0.1) is 0 Å². The molecular weight excluding hydrogens is 220 g/mol. The molecule has 0 saturated heterocycles. The number of carbonyl (C=O) groups is 1. The van der Waals surface area contributed by atoms with Crippen molar-refractivity contribution in [2.45, 2.75) is 19.0 Å². The first-order valence-corrected chi connectivity index (χ1v) is 5.42. The lowest BCUT2D eigenvalue weighted by molar-refractivity contribution is -0.120. The lowest BCUT2D eigenvalue weighted by Crippen LogP contribution is -2.45. The van der Waals surface area contributed by atoms with Crippen molar-refractivity contribution in [2.75, 3.05) is 14.2 Å². The van der Waals surface area contributed by atoms with Gasteiger partial charge in [-0.25, -0.2) is 0 Å². The second-order valence-electron chi connectivity index (χ2n) is 3.98. The van der Waals surface area contributed by atoms with Crippen LogP contribution < -0.4 is 20.5 Å². The van der Waals surface area contributed by atoms with Gasteiger partial charge in [0.25, 0.3) is 0 Å². The van der Waals surface area contributed by atoms with Gasteiger partial charge in [-0.1, -0.05) is 6.07 Å². The minimum Gasteiger partial charge on any atom is -0.493 e. The highest BCUT2D eigenvalue weighted by atomic mass is 16.5. The molecule has 5 heteroatoms. The molecule has 92 valence electrons. The van der Waals surface area contributed by atoms with Gasteiger partial charge >= 0.3 is 0 Å². The Morgan fingerprint density at radius 3 is 2.76 bits per heavy atom. The number of primary amides is 1. The van der Waals surface area contributed by atoms with Gasteiger partial charge in [0.05, 0.1) is 20.3 Å². The maximum Gasteiger partial charge on any atom is 0.234 e. The second-order valence-corrected chi connectivity index (χ2v) is 3.98. The van der Waals surface area contributed by atoms with Gasteiger partial charge in [-0.15, -0.1) is 0 Å². The number of methoxy groups -OCH3 is 2. The third kappa shape index (κ3) is 2.06. The quantitative estimate of drug-likeness (QED) is 0.786. The molecular formula is C12H16N2O3. The molecule has 3 N–H and O–H groups in total. The molecule has 1 aromatic carbocycles. The van der Waals surface area contributed by atoms with E-state index in [1.165, 1.54) is 0 Å². The van der Waals surface area contributed by atoms with Crippen molar-refractivity contribution in [1.82, 2.24) is 5.32 Å². The fraction of sp³-hybridized carbons (Fsp3) is 0.417. The molecule has 1 aromatic rings. The molecule has 0 saturated carbocycles. The third-order valence-electron chi connectivity index (χ3n) is 3.04. The van der Waals surface area contributed by atoms with Crippen molar-refractivity contribution >= 4 is 5.91 Å². The van der Waals surface area contributed by atoms with E-state index < -0.39 is 0 Å². The van der Waals surface area contributed by atoms with Gasteiger partial charge in [-0.2, -0.15) is 0 Å². The summed E-state index contributed by atoms with van der Waals surface area (Å²) in [6, 6.07) is 3.49. The van der Waals surface area contributed by atoms with Crippen LogP contribution in [0.5, 0.6) is 11.5 Å². The van der Waals surface area contributed by atoms with Gasteiger partial charge < -0.3 is 20.5 Å². The first-order chi connectivity index (χ1) is 8.17.